The number of hydrogen-bond acceptors (Lipinski definition) is 5. The third-order valence-corrected chi connectivity index (χ3v) is 7.08. The van der Waals surface area contributed by atoms with Crippen molar-refractivity contribution in [3.8, 4) is 16.2 Å². The standard InChI is InChI=1S/C24H19BrF2N2O4S/c1-13(2)33-20-12-28(11-17-18(26)4-3-5-19(17)27)24-21(22(20)30)16(10-25)23(34-24)14-6-8-15(9-7-14)29(31)32/h3-9,12-13H,10-11H2,1-2H3. The van der Waals surface area contributed by atoms with Crippen molar-refractivity contribution in [2.45, 2.75) is 31.8 Å². The normalized spacial score (nSPS) is 11.4. The summed E-state index contributed by atoms with van der Waals surface area (Å²) in [6.07, 6.45) is 1.19. The number of fused-ring (bicyclic) bond motifs is 1. The molecule has 0 fully saturated rings. The smallest absolute Gasteiger partial charge is 0.269 e. The molecule has 0 aliphatic carbocycles. The molecule has 4 rings (SSSR count). The summed E-state index contributed by atoms with van der Waals surface area (Å²) < 4.78 is 36.2. The Labute approximate surface area is 205 Å². The highest BCUT2D eigenvalue weighted by Gasteiger charge is 2.23. The molecule has 2 heterocycles. The Morgan fingerprint density at radius 3 is 2.32 bits per heavy atom. The van der Waals surface area contributed by atoms with E-state index >= 15 is 0 Å². The van der Waals surface area contributed by atoms with Crippen LogP contribution in [-0.4, -0.2) is 15.6 Å². The third-order valence-electron chi connectivity index (χ3n) is 5.20. The molecule has 0 N–H and O–H groups in total. The van der Waals surface area contributed by atoms with Crippen molar-refractivity contribution in [1.82, 2.24) is 4.57 Å². The highest BCUT2D eigenvalue weighted by Crippen LogP contribution is 2.40. The molecule has 4 aromatic rings. The predicted molar refractivity (Wildman–Crippen MR) is 132 cm³/mol. The number of alkyl halides is 1. The van der Waals surface area contributed by atoms with Gasteiger partial charge < -0.3 is 9.30 Å². The van der Waals surface area contributed by atoms with Crippen LogP contribution in [0, 0.1) is 21.7 Å². The van der Waals surface area contributed by atoms with E-state index in [0.29, 0.717) is 26.7 Å². The fourth-order valence-corrected chi connectivity index (χ4v) is 5.72. The van der Waals surface area contributed by atoms with E-state index in [4.69, 9.17) is 4.74 Å². The highest BCUT2D eigenvalue weighted by atomic mass is 79.9. The molecule has 0 aliphatic heterocycles. The number of nitro groups is 1. The van der Waals surface area contributed by atoms with Crippen LogP contribution in [0.3, 0.4) is 0 Å². The summed E-state index contributed by atoms with van der Waals surface area (Å²) in [5.74, 6) is -1.30. The lowest BCUT2D eigenvalue weighted by Crippen LogP contribution is -2.17. The first-order chi connectivity index (χ1) is 16.2. The summed E-state index contributed by atoms with van der Waals surface area (Å²) in [7, 11) is 0. The fraction of sp³-hybridized carbons (Fsp3) is 0.208. The van der Waals surface area contributed by atoms with Gasteiger partial charge in [0.05, 0.1) is 29.2 Å². The first-order valence-electron chi connectivity index (χ1n) is 10.3. The van der Waals surface area contributed by atoms with E-state index in [1.54, 1.807) is 30.5 Å². The fourth-order valence-electron chi connectivity index (χ4n) is 3.67. The van der Waals surface area contributed by atoms with Gasteiger partial charge in [0.1, 0.15) is 16.5 Å². The zero-order valence-corrected chi connectivity index (χ0v) is 20.6. The number of nitrogens with zero attached hydrogens (tertiary/aromatic N) is 2. The average molecular weight is 549 g/mol. The summed E-state index contributed by atoms with van der Waals surface area (Å²) in [5, 5.41) is 11.7. The maximum atomic E-state index is 14.4. The van der Waals surface area contributed by atoms with Crippen LogP contribution in [0.25, 0.3) is 20.7 Å². The van der Waals surface area contributed by atoms with Crippen molar-refractivity contribution >= 4 is 43.2 Å². The van der Waals surface area contributed by atoms with Crippen LogP contribution in [0.1, 0.15) is 25.0 Å². The van der Waals surface area contributed by atoms with Gasteiger partial charge in [0.15, 0.2) is 5.75 Å². The zero-order valence-electron chi connectivity index (χ0n) is 18.2. The lowest BCUT2D eigenvalue weighted by molar-refractivity contribution is -0.384. The van der Waals surface area contributed by atoms with Crippen LogP contribution >= 0.6 is 27.3 Å². The summed E-state index contributed by atoms with van der Waals surface area (Å²) in [6, 6.07) is 9.69. The lowest BCUT2D eigenvalue weighted by Gasteiger charge is -2.15. The van der Waals surface area contributed by atoms with Gasteiger partial charge in [-0.3, -0.25) is 14.9 Å². The number of thiophene rings is 1. The Hall–Kier alpha value is -3.11. The molecule has 0 saturated carbocycles. The molecule has 6 nitrogen and oxygen atoms in total. The van der Waals surface area contributed by atoms with Gasteiger partial charge in [-0.25, -0.2) is 8.78 Å². The van der Waals surface area contributed by atoms with Crippen LogP contribution < -0.4 is 10.2 Å². The van der Waals surface area contributed by atoms with Crippen molar-refractivity contribution in [3.63, 3.8) is 0 Å². The van der Waals surface area contributed by atoms with Gasteiger partial charge in [0, 0.05) is 27.9 Å². The van der Waals surface area contributed by atoms with Gasteiger partial charge in [-0.05, 0) is 49.2 Å². The molecule has 0 amide bonds. The Balaban J connectivity index is 1.98. The second kappa shape index (κ2) is 9.63. The Morgan fingerprint density at radius 1 is 1.12 bits per heavy atom. The Bertz CT molecular complexity index is 1430. The van der Waals surface area contributed by atoms with E-state index in [1.807, 2.05) is 0 Å². The van der Waals surface area contributed by atoms with Crippen molar-refractivity contribution in [1.29, 1.82) is 0 Å². The monoisotopic (exact) mass is 548 g/mol. The quantitative estimate of drug-likeness (QED) is 0.147. The second-order valence-electron chi connectivity index (χ2n) is 7.84. The third kappa shape index (κ3) is 4.47. The molecular formula is C24H19BrF2N2O4S. The molecule has 2 aromatic heterocycles. The van der Waals surface area contributed by atoms with E-state index in [-0.39, 0.29) is 35.1 Å². The molecular weight excluding hydrogens is 530 g/mol. The molecule has 0 aliphatic rings. The number of pyridine rings is 1. The number of ether oxygens (including phenoxy) is 1. The van der Waals surface area contributed by atoms with Gasteiger partial charge in [-0.1, -0.05) is 22.0 Å². The van der Waals surface area contributed by atoms with Crippen LogP contribution in [0.2, 0.25) is 0 Å². The molecule has 0 radical (unpaired) electrons. The molecule has 34 heavy (non-hydrogen) atoms. The van der Waals surface area contributed by atoms with Crippen molar-refractivity contribution in [2.75, 3.05) is 0 Å². The van der Waals surface area contributed by atoms with E-state index in [2.05, 4.69) is 15.9 Å². The maximum Gasteiger partial charge on any atom is 0.269 e. The van der Waals surface area contributed by atoms with E-state index in [0.717, 1.165) is 4.88 Å². The van der Waals surface area contributed by atoms with Gasteiger partial charge in [-0.2, -0.15) is 0 Å². The van der Waals surface area contributed by atoms with Gasteiger partial charge in [-0.15, -0.1) is 11.3 Å². The van der Waals surface area contributed by atoms with Crippen LogP contribution in [-0.2, 0) is 11.9 Å². The minimum atomic E-state index is -0.689. The Morgan fingerprint density at radius 2 is 1.76 bits per heavy atom. The predicted octanol–water partition coefficient (Wildman–Crippen LogP) is 6.65. The molecule has 0 bridgehead atoms. The summed E-state index contributed by atoms with van der Waals surface area (Å²) in [6.45, 7) is 3.42. The van der Waals surface area contributed by atoms with Crippen molar-refractivity contribution in [2.24, 2.45) is 0 Å². The summed E-state index contributed by atoms with van der Waals surface area (Å²) >= 11 is 4.74. The van der Waals surface area contributed by atoms with Crippen LogP contribution in [0.4, 0.5) is 14.5 Å². The molecule has 0 spiro atoms. The van der Waals surface area contributed by atoms with Gasteiger partial charge in [0.2, 0.25) is 5.43 Å². The van der Waals surface area contributed by atoms with E-state index in [1.165, 1.54) is 47.9 Å². The SMILES string of the molecule is CC(C)Oc1cn(Cc2c(F)cccc2F)c2sc(-c3ccc([N+](=O)[O-])cc3)c(CBr)c2c1=O. The number of non-ortho nitro benzene ring substituents is 1. The van der Waals surface area contributed by atoms with E-state index in [9.17, 15) is 23.7 Å². The number of rotatable bonds is 7. The first kappa shape index (κ1) is 24.0. The zero-order chi connectivity index (χ0) is 24.6. The molecule has 2 aromatic carbocycles. The number of benzene rings is 2. The summed E-state index contributed by atoms with van der Waals surface area (Å²) in [4.78, 5) is 25.2. The van der Waals surface area contributed by atoms with Crippen molar-refractivity contribution < 1.29 is 18.4 Å². The minimum absolute atomic E-state index is 0.0486. The second-order valence-corrected chi connectivity index (χ2v) is 9.40. The molecule has 176 valence electrons. The molecule has 0 saturated heterocycles. The van der Waals surface area contributed by atoms with Gasteiger partial charge in [0.25, 0.3) is 5.69 Å². The highest BCUT2D eigenvalue weighted by molar-refractivity contribution is 9.08. The largest absolute Gasteiger partial charge is 0.485 e. The topological polar surface area (TPSA) is 74.4 Å². The number of hydrogen-bond donors (Lipinski definition) is 0. The molecule has 0 unspecified atom stereocenters. The van der Waals surface area contributed by atoms with Crippen molar-refractivity contribution in [3.05, 3.63) is 91.8 Å². The Kier molecular flexibility index (Phi) is 6.81. The minimum Gasteiger partial charge on any atom is -0.485 e. The van der Waals surface area contributed by atoms with Gasteiger partial charge >= 0.3 is 0 Å². The average Bonchev–Trinajstić information content (AvgIpc) is 3.19. The number of halogens is 3. The van der Waals surface area contributed by atoms with Crippen LogP contribution in [0.15, 0.2) is 53.5 Å². The molecule has 0 atom stereocenters. The number of nitro benzene ring substituents is 1. The number of aromatic nitrogens is 1. The molecule has 10 heteroatoms. The van der Waals surface area contributed by atoms with Crippen LogP contribution in [0.5, 0.6) is 5.75 Å². The first-order valence-corrected chi connectivity index (χ1v) is 12.2. The summed E-state index contributed by atoms with van der Waals surface area (Å²) in [5.41, 5.74) is 0.861. The lowest BCUT2D eigenvalue weighted by atomic mass is 10.1. The van der Waals surface area contributed by atoms with E-state index < -0.39 is 16.6 Å². The maximum absolute atomic E-state index is 14.4.